The Kier molecular flexibility index (Phi) is 6.18. The van der Waals surface area contributed by atoms with Gasteiger partial charge in [0.25, 0.3) is 5.56 Å². The second-order valence-corrected chi connectivity index (χ2v) is 10.3. The average Bonchev–Trinajstić information content (AvgIpc) is 3.28. The van der Waals surface area contributed by atoms with Crippen LogP contribution in [0.4, 0.5) is 10.2 Å². The number of nitrogens with zero attached hydrogens (tertiary/aromatic N) is 4. The fourth-order valence-electron chi connectivity index (χ4n) is 4.14. The minimum absolute atomic E-state index is 0.0704. The van der Waals surface area contributed by atoms with Gasteiger partial charge in [-0.2, -0.15) is 0 Å². The second kappa shape index (κ2) is 9.49. The van der Waals surface area contributed by atoms with E-state index in [0.29, 0.717) is 22.6 Å². The quantitative estimate of drug-likeness (QED) is 0.263. The van der Waals surface area contributed by atoms with Crippen LogP contribution < -0.4 is 15.6 Å². The van der Waals surface area contributed by atoms with Crippen LogP contribution in [0.2, 0.25) is 0 Å². The molecule has 9 nitrogen and oxygen atoms in total. The number of terminal acetylenes is 1. The van der Waals surface area contributed by atoms with Gasteiger partial charge in [-0.05, 0) is 48.0 Å². The van der Waals surface area contributed by atoms with E-state index in [1.54, 1.807) is 48.5 Å². The van der Waals surface area contributed by atoms with Gasteiger partial charge in [0.05, 0.1) is 23.4 Å². The molecule has 190 valence electrons. The summed E-state index contributed by atoms with van der Waals surface area (Å²) in [5.74, 6) is 0.0599. The van der Waals surface area contributed by atoms with E-state index < -0.39 is 21.2 Å². The molecule has 0 saturated carbocycles. The molecule has 5 aromatic rings. The molecule has 0 amide bonds. The normalized spacial score (nSPS) is 11.3. The fourth-order valence-corrected chi connectivity index (χ4v) is 5.05. The largest absolute Gasteiger partial charge is 0.497 e. The summed E-state index contributed by atoms with van der Waals surface area (Å²) in [7, 11) is -2.01. The van der Waals surface area contributed by atoms with E-state index in [2.05, 4.69) is 21.4 Å². The molecule has 0 unspecified atom stereocenters. The van der Waals surface area contributed by atoms with Crippen LogP contribution in [0.3, 0.4) is 0 Å². The molecule has 3 aromatic carbocycles. The highest BCUT2D eigenvalue weighted by molar-refractivity contribution is 7.90. The van der Waals surface area contributed by atoms with Gasteiger partial charge < -0.3 is 4.74 Å². The Morgan fingerprint density at radius 1 is 1.08 bits per heavy atom. The Morgan fingerprint density at radius 3 is 2.47 bits per heavy atom. The number of sulfone groups is 1. The smallest absolute Gasteiger partial charge is 0.284 e. The first-order valence-electron chi connectivity index (χ1n) is 11.2. The zero-order valence-electron chi connectivity index (χ0n) is 20.2. The average molecular weight is 530 g/mol. The number of hydrogen-bond donors (Lipinski definition) is 1. The first kappa shape index (κ1) is 24.7. The first-order valence-corrected chi connectivity index (χ1v) is 13.1. The Balaban J connectivity index is 1.68. The van der Waals surface area contributed by atoms with E-state index in [9.17, 15) is 13.2 Å². The van der Waals surface area contributed by atoms with Crippen LogP contribution in [0.25, 0.3) is 33.5 Å². The lowest BCUT2D eigenvalue weighted by Gasteiger charge is -2.12. The van der Waals surface area contributed by atoms with Gasteiger partial charge in [-0.3, -0.25) is 14.7 Å². The molecule has 0 aliphatic heterocycles. The lowest BCUT2D eigenvalue weighted by Crippen LogP contribution is -2.22. The molecule has 0 aliphatic carbocycles. The predicted octanol–water partition coefficient (Wildman–Crippen LogP) is 3.79. The van der Waals surface area contributed by atoms with Crippen molar-refractivity contribution in [2.75, 3.05) is 18.7 Å². The van der Waals surface area contributed by atoms with Crippen molar-refractivity contribution in [1.29, 1.82) is 0 Å². The van der Waals surface area contributed by atoms with Gasteiger partial charge in [0.1, 0.15) is 23.4 Å². The van der Waals surface area contributed by atoms with Crippen LogP contribution in [0.15, 0.2) is 82.7 Å². The summed E-state index contributed by atoms with van der Waals surface area (Å²) in [5.41, 5.74) is 0.846. The maximum absolute atomic E-state index is 15.5. The molecule has 5 rings (SSSR count). The number of aromatic nitrogens is 4. The van der Waals surface area contributed by atoms with Gasteiger partial charge in [-0.1, -0.05) is 30.7 Å². The summed E-state index contributed by atoms with van der Waals surface area (Å²) < 4.78 is 47.5. The molecule has 2 heterocycles. The number of ether oxygens (including phenoxy) is 1. The number of rotatable bonds is 6. The molecule has 0 bridgehead atoms. The Morgan fingerprint density at radius 2 is 1.82 bits per heavy atom. The maximum atomic E-state index is 15.5. The summed E-state index contributed by atoms with van der Waals surface area (Å²) in [6.45, 7) is 0. The second-order valence-electron chi connectivity index (χ2n) is 8.28. The van der Waals surface area contributed by atoms with Crippen molar-refractivity contribution in [3.05, 3.63) is 89.2 Å². The number of nitrogens with one attached hydrogen (secondary N) is 1. The van der Waals surface area contributed by atoms with Crippen molar-refractivity contribution < 1.29 is 17.5 Å². The molecule has 0 radical (unpaired) electrons. The highest BCUT2D eigenvalue weighted by Gasteiger charge is 2.21. The highest BCUT2D eigenvalue weighted by Crippen LogP contribution is 2.30. The lowest BCUT2D eigenvalue weighted by molar-refractivity contribution is 0.414. The van der Waals surface area contributed by atoms with E-state index >= 15 is 4.39 Å². The van der Waals surface area contributed by atoms with E-state index in [-0.39, 0.29) is 27.4 Å². The number of hydrogen-bond acceptors (Lipinski definition) is 7. The zero-order valence-corrected chi connectivity index (χ0v) is 21.0. The topological polar surface area (TPSA) is 108 Å². The molecule has 0 aliphatic rings. The van der Waals surface area contributed by atoms with Crippen molar-refractivity contribution >= 4 is 26.7 Å². The lowest BCUT2D eigenvalue weighted by atomic mass is 10.0. The van der Waals surface area contributed by atoms with Crippen molar-refractivity contribution in [2.45, 2.75) is 4.90 Å². The van der Waals surface area contributed by atoms with Crippen LogP contribution in [-0.2, 0) is 9.84 Å². The number of benzene rings is 3. The molecule has 1 N–H and O–H groups in total. The van der Waals surface area contributed by atoms with Crippen molar-refractivity contribution in [3.8, 4) is 40.7 Å². The molecule has 2 aromatic heterocycles. The van der Waals surface area contributed by atoms with Crippen LogP contribution >= 0.6 is 0 Å². The van der Waals surface area contributed by atoms with Gasteiger partial charge in [0.15, 0.2) is 21.2 Å². The summed E-state index contributed by atoms with van der Waals surface area (Å²) in [6, 6.07) is 19.5. The molecule has 0 atom stereocenters. The summed E-state index contributed by atoms with van der Waals surface area (Å²) in [5, 5.41) is 7.05. The summed E-state index contributed by atoms with van der Waals surface area (Å²) in [4.78, 5) is 18.1. The first-order chi connectivity index (χ1) is 18.2. The predicted molar refractivity (Wildman–Crippen MR) is 142 cm³/mol. The molecule has 0 saturated heterocycles. The summed E-state index contributed by atoms with van der Waals surface area (Å²) >= 11 is 0. The van der Waals surface area contributed by atoms with E-state index in [1.807, 2.05) is 0 Å². The van der Waals surface area contributed by atoms with Crippen molar-refractivity contribution in [2.24, 2.45) is 0 Å². The van der Waals surface area contributed by atoms with Crippen LogP contribution in [0.5, 0.6) is 5.75 Å². The van der Waals surface area contributed by atoms with Gasteiger partial charge in [0, 0.05) is 17.9 Å². The molecular weight excluding hydrogens is 509 g/mol. The van der Waals surface area contributed by atoms with Crippen molar-refractivity contribution in [3.63, 3.8) is 0 Å². The molecule has 38 heavy (non-hydrogen) atoms. The maximum Gasteiger partial charge on any atom is 0.284 e. The van der Waals surface area contributed by atoms with Crippen LogP contribution in [0.1, 0.15) is 0 Å². The van der Waals surface area contributed by atoms with E-state index in [0.717, 1.165) is 10.8 Å². The standard InChI is InChI=1S/C27H20FN5O4S/c1-4-29-26-24-25(33(31-26)18-10-12-19(37-2)13-11-18)27(34)32(16-30-24)22-14-9-17(15-21(22)28)20-7-5-6-8-23(20)38(3,35)36/h1,5-16H,2-3H3,(H,29,31). The molecule has 0 spiro atoms. The number of halogens is 1. The Bertz CT molecular complexity index is 1910. The minimum Gasteiger partial charge on any atom is -0.497 e. The number of anilines is 1. The monoisotopic (exact) mass is 529 g/mol. The molecule has 0 fully saturated rings. The SMILES string of the molecule is C#CNc1nn(-c2ccc(OC)cc2)c2c(=O)n(-c3ccc(-c4ccccc4S(C)(=O)=O)cc3F)cnc12. The number of fused-ring (bicyclic) bond motifs is 1. The summed E-state index contributed by atoms with van der Waals surface area (Å²) in [6.07, 6.45) is 7.67. The molecule has 11 heteroatoms. The Labute approximate surface area is 217 Å². The van der Waals surface area contributed by atoms with E-state index in [4.69, 9.17) is 11.2 Å². The van der Waals surface area contributed by atoms with Gasteiger partial charge >= 0.3 is 0 Å². The fraction of sp³-hybridized carbons (Fsp3) is 0.0741. The van der Waals surface area contributed by atoms with Crippen molar-refractivity contribution in [1.82, 2.24) is 19.3 Å². The van der Waals surface area contributed by atoms with Crippen LogP contribution in [-0.4, -0.2) is 41.1 Å². The minimum atomic E-state index is -3.55. The van der Waals surface area contributed by atoms with Gasteiger partial charge in [0.2, 0.25) is 0 Å². The Hall–Kier alpha value is -4.95. The highest BCUT2D eigenvalue weighted by atomic mass is 32.2. The third-order valence-corrected chi connectivity index (χ3v) is 7.05. The van der Waals surface area contributed by atoms with Gasteiger partial charge in [-0.25, -0.2) is 22.5 Å². The third-order valence-electron chi connectivity index (χ3n) is 5.90. The third kappa shape index (κ3) is 4.27. The zero-order chi connectivity index (χ0) is 27.0. The van der Waals surface area contributed by atoms with Gasteiger partial charge in [-0.15, -0.1) is 5.10 Å². The van der Waals surface area contributed by atoms with E-state index in [1.165, 1.54) is 36.3 Å². The molecular formula is C27H20FN5O4S. The van der Waals surface area contributed by atoms with Crippen LogP contribution in [0, 0.1) is 18.3 Å². The number of methoxy groups -OCH3 is 1.